The molecule has 0 spiro atoms. The third kappa shape index (κ3) is 6.91. The normalized spacial score (nSPS) is 19.7. The van der Waals surface area contributed by atoms with Crippen LogP contribution in [0.2, 0.25) is 0 Å². The quantitative estimate of drug-likeness (QED) is 0.506. The number of hydrogen-bond donors (Lipinski definition) is 3. The number of nitrogens with one attached hydrogen (secondary N) is 2. The van der Waals surface area contributed by atoms with Crippen molar-refractivity contribution in [1.82, 2.24) is 10.0 Å². The van der Waals surface area contributed by atoms with Gasteiger partial charge < -0.3 is 11.1 Å². The zero-order valence-electron chi connectivity index (χ0n) is 17.9. The fourth-order valence-corrected chi connectivity index (χ4v) is 5.19. The Hall–Kier alpha value is -1.73. The number of unbranched alkanes of at least 4 members (excludes halogenated alkanes) is 2. The van der Waals surface area contributed by atoms with Crippen LogP contribution in [0.3, 0.4) is 0 Å². The molecule has 2 atom stereocenters. The van der Waals surface area contributed by atoms with Crippen molar-refractivity contribution in [2.75, 3.05) is 19.3 Å². The van der Waals surface area contributed by atoms with Gasteiger partial charge in [-0.15, -0.1) is 0 Å². The largest absolute Gasteiger partial charge is 0.330 e. The SMILES string of the molecule is CS(=O)(=O)NC1CCCNC1Cc1cccc(-c2ccccc2CCCCCN)c1. The van der Waals surface area contributed by atoms with Gasteiger partial charge in [-0.25, -0.2) is 13.1 Å². The van der Waals surface area contributed by atoms with E-state index in [1.807, 2.05) is 0 Å². The lowest BCUT2D eigenvalue weighted by atomic mass is 9.91. The summed E-state index contributed by atoms with van der Waals surface area (Å²) < 4.78 is 26.3. The highest BCUT2D eigenvalue weighted by Gasteiger charge is 2.27. The highest BCUT2D eigenvalue weighted by molar-refractivity contribution is 7.88. The summed E-state index contributed by atoms with van der Waals surface area (Å²) in [6.07, 6.45) is 8.35. The molecule has 164 valence electrons. The molecule has 1 heterocycles. The topological polar surface area (TPSA) is 84.2 Å². The standard InChI is InChI=1S/C24H35N3O2S/c1-30(28,29)27-23-14-8-16-26-24(23)18-19-9-7-12-21(17-19)22-13-5-4-11-20(22)10-3-2-6-15-25/h4-5,7,9,11-13,17,23-24,26-27H,2-3,6,8,10,14-16,18,25H2,1H3. The summed E-state index contributed by atoms with van der Waals surface area (Å²) in [6, 6.07) is 17.3. The van der Waals surface area contributed by atoms with E-state index in [0.717, 1.165) is 58.0 Å². The van der Waals surface area contributed by atoms with Crippen LogP contribution in [-0.4, -0.2) is 39.8 Å². The Morgan fingerprint density at radius 1 is 1.10 bits per heavy atom. The maximum atomic E-state index is 11.8. The lowest BCUT2D eigenvalue weighted by molar-refractivity contribution is 0.329. The van der Waals surface area contributed by atoms with Gasteiger partial charge in [0.25, 0.3) is 0 Å². The van der Waals surface area contributed by atoms with Gasteiger partial charge in [-0.05, 0) is 73.9 Å². The number of rotatable bonds is 10. The maximum absolute atomic E-state index is 11.8. The summed E-state index contributed by atoms with van der Waals surface area (Å²) in [5.74, 6) is 0. The fraction of sp³-hybridized carbons (Fsp3) is 0.500. The van der Waals surface area contributed by atoms with Gasteiger partial charge in [0.2, 0.25) is 10.0 Å². The van der Waals surface area contributed by atoms with Gasteiger partial charge in [-0.1, -0.05) is 55.0 Å². The molecule has 1 fully saturated rings. The number of hydrogen-bond acceptors (Lipinski definition) is 4. The Morgan fingerprint density at radius 3 is 2.73 bits per heavy atom. The van der Waals surface area contributed by atoms with Crippen LogP contribution >= 0.6 is 0 Å². The molecule has 4 N–H and O–H groups in total. The maximum Gasteiger partial charge on any atom is 0.209 e. The molecule has 2 aromatic carbocycles. The summed E-state index contributed by atoms with van der Waals surface area (Å²) in [5, 5.41) is 3.51. The first-order chi connectivity index (χ1) is 14.5. The molecule has 1 saturated heterocycles. The van der Waals surface area contributed by atoms with E-state index in [4.69, 9.17) is 5.73 Å². The molecule has 0 radical (unpaired) electrons. The molecular weight excluding hydrogens is 394 g/mol. The van der Waals surface area contributed by atoms with Crippen LogP contribution in [0.1, 0.15) is 43.2 Å². The van der Waals surface area contributed by atoms with E-state index in [9.17, 15) is 8.42 Å². The van der Waals surface area contributed by atoms with Gasteiger partial charge in [-0.3, -0.25) is 0 Å². The Bertz CT molecular complexity index is 914. The zero-order chi connectivity index (χ0) is 21.4. The third-order valence-electron chi connectivity index (χ3n) is 5.81. The van der Waals surface area contributed by atoms with Crippen LogP contribution in [0.25, 0.3) is 11.1 Å². The number of sulfonamides is 1. The van der Waals surface area contributed by atoms with E-state index in [2.05, 4.69) is 58.6 Å². The van der Waals surface area contributed by atoms with Crippen molar-refractivity contribution in [2.24, 2.45) is 5.73 Å². The van der Waals surface area contributed by atoms with Gasteiger partial charge in [0.15, 0.2) is 0 Å². The molecule has 1 aliphatic heterocycles. The molecule has 2 aromatic rings. The van der Waals surface area contributed by atoms with Gasteiger partial charge in [0.1, 0.15) is 0 Å². The van der Waals surface area contributed by atoms with E-state index in [0.29, 0.717) is 0 Å². The van der Waals surface area contributed by atoms with Gasteiger partial charge >= 0.3 is 0 Å². The second kappa shape index (κ2) is 11.0. The van der Waals surface area contributed by atoms with Crippen molar-refractivity contribution in [3.8, 4) is 11.1 Å². The van der Waals surface area contributed by atoms with Crippen molar-refractivity contribution in [3.05, 3.63) is 59.7 Å². The Morgan fingerprint density at radius 2 is 1.93 bits per heavy atom. The number of benzene rings is 2. The zero-order valence-corrected chi connectivity index (χ0v) is 18.8. The molecular formula is C24H35N3O2S. The van der Waals surface area contributed by atoms with Crippen molar-refractivity contribution in [1.29, 1.82) is 0 Å². The van der Waals surface area contributed by atoms with Crippen LogP contribution < -0.4 is 15.8 Å². The van der Waals surface area contributed by atoms with Crippen LogP contribution in [0.4, 0.5) is 0 Å². The molecule has 0 amide bonds. The first kappa shape index (κ1) is 22.9. The highest BCUT2D eigenvalue weighted by atomic mass is 32.2. The van der Waals surface area contributed by atoms with E-state index in [-0.39, 0.29) is 12.1 Å². The second-order valence-corrected chi connectivity index (χ2v) is 10.1. The van der Waals surface area contributed by atoms with E-state index in [1.54, 1.807) is 0 Å². The molecule has 0 saturated carbocycles. The number of nitrogens with two attached hydrogens (primary N) is 1. The third-order valence-corrected chi connectivity index (χ3v) is 6.54. The predicted octanol–water partition coefficient (Wildman–Crippen LogP) is 3.24. The van der Waals surface area contributed by atoms with Crippen molar-refractivity contribution in [2.45, 2.75) is 57.0 Å². The van der Waals surface area contributed by atoms with Gasteiger partial charge in [0, 0.05) is 12.1 Å². The van der Waals surface area contributed by atoms with Crippen LogP contribution in [0.15, 0.2) is 48.5 Å². The Balaban J connectivity index is 1.75. The van der Waals surface area contributed by atoms with Crippen LogP contribution in [0, 0.1) is 0 Å². The number of piperidine rings is 1. The summed E-state index contributed by atoms with van der Waals surface area (Å²) in [5.41, 5.74) is 10.7. The highest BCUT2D eigenvalue weighted by Crippen LogP contribution is 2.27. The van der Waals surface area contributed by atoms with E-state index < -0.39 is 10.0 Å². The molecule has 3 rings (SSSR count). The molecule has 6 heteroatoms. The minimum Gasteiger partial charge on any atom is -0.330 e. The monoisotopic (exact) mass is 429 g/mol. The van der Waals surface area contributed by atoms with E-state index in [1.165, 1.54) is 28.5 Å². The van der Waals surface area contributed by atoms with E-state index >= 15 is 0 Å². The fourth-order valence-electron chi connectivity index (χ4n) is 4.36. The second-order valence-electron chi connectivity index (χ2n) is 8.36. The smallest absolute Gasteiger partial charge is 0.209 e. The van der Waals surface area contributed by atoms with Crippen LogP contribution in [-0.2, 0) is 22.9 Å². The summed E-state index contributed by atoms with van der Waals surface area (Å²) in [4.78, 5) is 0. The first-order valence-electron chi connectivity index (χ1n) is 11.0. The lowest BCUT2D eigenvalue weighted by Gasteiger charge is -2.33. The first-order valence-corrected chi connectivity index (χ1v) is 12.9. The van der Waals surface area contributed by atoms with Gasteiger partial charge in [0.05, 0.1) is 6.26 Å². The summed E-state index contributed by atoms with van der Waals surface area (Å²) >= 11 is 0. The molecule has 0 aromatic heterocycles. The van der Waals surface area contributed by atoms with Crippen molar-refractivity contribution in [3.63, 3.8) is 0 Å². The number of aryl methyl sites for hydroxylation is 1. The summed E-state index contributed by atoms with van der Waals surface area (Å²) in [6.45, 7) is 1.69. The molecule has 0 bridgehead atoms. The molecule has 5 nitrogen and oxygen atoms in total. The molecule has 1 aliphatic rings. The minimum absolute atomic E-state index is 0.0627. The van der Waals surface area contributed by atoms with Crippen molar-refractivity contribution < 1.29 is 8.42 Å². The lowest BCUT2D eigenvalue weighted by Crippen LogP contribution is -2.54. The minimum atomic E-state index is -3.22. The molecule has 30 heavy (non-hydrogen) atoms. The average Bonchev–Trinajstić information content (AvgIpc) is 2.72. The Labute approximate surface area is 181 Å². The predicted molar refractivity (Wildman–Crippen MR) is 125 cm³/mol. The average molecular weight is 430 g/mol. The molecule has 0 aliphatic carbocycles. The molecule has 2 unspecified atom stereocenters. The van der Waals surface area contributed by atoms with Crippen LogP contribution in [0.5, 0.6) is 0 Å². The Kier molecular flexibility index (Phi) is 8.45. The van der Waals surface area contributed by atoms with Crippen molar-refractivity contribution >= 4 is 10.0 Å². The summed E-state index contributed by atoms with van der Waals surface area (Å²) in [7, 11) is -3.22. The van der Waals surface area contributed by atoms with Gasteiger partial charge in [-0.2, -0.15) is 0 Å².